The fraction of sp³-hybridized carbons (Fsp3) is 0.172. The second-order valence-corrected chi connectivity index (χ2v) is 8.83. The minimum atomic E-state index is -4.73. The van der Waals surface area contributed by atoms with Crippen LogP contribution in [-0.4, -0.2) is 5.11 Å². The van der Waals surface area contributed by atoms with Crippen molar-refractivity contribution in [2.45, 2.75) is 30.5 Å². The average molecular weight is 533 g/mol. The molecule has 0 saturated carbocycles. The van der Waals surface area contributed by atoms with Gasteiger partial charge in [-0.25, -0.2) is 4.39 Å². The van der Waals surface area contributed by atoms with E-state index in [2.05, 4.69) is 5.32 Å². The van der Waals surface area contributed by atoms with Crippen LogP contribution >= 0.6 is 0 Å². The van der Waals surface area contributed by atoms with Gasteiger partial charge in [0.25, 0.3) is 0 Å². The predicted molar refractivity (Wildman–Crippen MR) is 128 cm³/mol. The molecule has 4 aromatic rings. The summed E-state index contributed by atoms with van der Waals surface area (Å²) in [4.78, 5) is 0. The Hall–Kier alpha value is -3.69. The summed E-state index contributed by atoms with van der Waals surface area (Å²) in [7, 11) is 0. The maximum Gasteiger partial charge on any atom is 0.416 e. The lowest BCUT2D eigenvalue weighted by Crippen LogP contribution is -2.47. The van der Waals surface area contributed by atoms with Gasteiger partial charge in [-0.3, -0.25) is 5.32 Å². The molecule has 0 bridgehead atoms. The van der Waals surface area contributed by atoms with Crippen LogP contribution in [0.3, 0.4) is 0 Å². The molecular weight excluding hydrogens is 511 g/mol. The minimum Gasteiger partial charge on any atom is -0.374 e. The first-order valence-electron chi connectivity index (χ1n) is 11.5. The molecular formula is C29H22F7NO. The molecule has 0 saturated heterocycles. The summed E-state index contributed by atoms with van der Waals surface area (Å²) >= 11 is 0. The van der Waals surface area contributed by atoms with E-state index >= 15 is 0 Å². The van der Waals surface area contributed by atoms with Crippen LogP contribution in [-0.2, 0) is 24.3 Å². The van der Waals surface area contributed by atoms with Gasteiger partial charge >= 0.3 is 12.4 Å². The highest BCUT2D eigenvalue weighted by Crippen LogP contribution is 2.40. The summed E-state index contributed by atoms with van der Waals surface area (Å²) in [5, 5.41) is 14.0. The first-order chi connectivity index (χ1) is 17.9. The number of alkyl halides is 6. The second-order valence-electron chi connectivity index (χ2n) is 8.83. The molecule has 9 heteroatoms. The van der Waals surface area contributed by atoms with Crippen LogP contribution in [0.2, 0.25) is 0 Å². The monoisotopic (exact) mass is 533 g/mol. The smallest absolute Gasteiger partial charge is 0.374 e. The molecule has 0 aromatic heterocycles. The van der Waals surface area contributed by atoms with Crippen LogP contribution in [0.5, 0.6) is 0 Å². The Balaban J connectivity index is 1.99. The van der Waals surface area contributed by atoms with Crippen molar-refractivity contribution in [2.75, 3.05) is 0 Å². The van der Waals surface area contributed by atoms with Crippen molar-refractivity contribution in [2.24, 2.45) is 0 Å². The third kappa shape index (κ3) is 6.06. The third-order valence-corrected chi connectivity index (χ3v) is 6.23. The summed E-state index contributed by atoms with van der Waals surface area (Å²) in [5.41, 5.74) is -3.28. The molecule has 0 amide bonds. The quantitative estimate of drug-likeness (QED) is 0.189. The molecule has 0 spiro atoms. The number of nitrogens with one attached hydrogen (secondary N) is 1. The lowest BCUT2D eigenvalue weighted by atomic mass is 9.76. The highest BCUT2D eigenvalue weighted by atomic mass is 19.4. The molecule has 4 aromatic carbocycles. The van der Waals surface area contributed by atoms with Gasteiger partial charge in [0.1, 0.15) is 12.0 Å². The fourth-order valence-corrected chi connectivity index (χ4v) is 4.41. The lowest BCUT2D eigenvalue weighted by Gasteiger charge is -2.39. The Morgan fingerprint density at radius 2 is 1.11 bits per heavy atom. The molecule has 0 fully saturated rings. The van der Waals surface area contributed by atoms with E-state index in [9.17, 15) is 35.8 Å². The summed E-state index contributed by atoms with van der Waals surface area (Å²) in [6, 6.07) is 21.7. The minimum absolute atomic E-state index is 0.0362. The summed E-state index contributed by atoms with van der Waals surface area (Å²) in [5.74, 6) is -0.671. The topological polar surface area (TPSA) is 32.3 Å². The van der Waals surface area contributed by atoms with Crippen LogP contribution in [0.4, 0.5) is 30.7 Å². The molecule has 0 radical (unpaired) electrons. The average Bonchev–Trinajstić information content (AvgIpc) is 2.88. The van der Waals surface area contributed by atoms with Crippen molar-refractivity contribution >= 4 is 0 Å². The van der Waals surface area contributed by atoms with Crippen molar-refractivity contribution in [1.82, 2.24) is 5.32 Å². The second kappa shape index (κ2) is 10.6. The van der Waals surface area contributed by atoms with Crippen LogP contribution in [0, 0.1) is 5.82 Å². The Labute approximate surface area is 214 Å². The number of aliphatic hydroxyl groups is 1. The van der Waals surface area contributed by atoms with Crippen molar-refractivity contribution in [3.05, 3.63) is 142 Å². The normalized spacial score (nSPS) is 13.4. The number of halogens is 7. The Morgan fingerprint density at radius 3 is 1.61 bits per heavy atom. The predicted octanol–water partition coefficient (Wildman–Crippen LogP) is 7.63. The number of hydrogen-bond donors (Lipinski definition) is 2. The van der Waals surface area contributed by atoms with E-state index in [0.29, 0.717) is 5.56 Å². The van der Waals surface area contributed by atoms with E-state index in [1.54, 1.807) is 30.3 Å². The third-order valence-electron chi connectivity index (χ3n) is 6.23. The van der Waals surface area contributed by atoms with Gasteiger partial charge in [0.05, 0.1) is 16.7 Å². The maximum absolute atomic E-state index is 13.9. The van der Waals surface area contributed by atoms with Gasteiger partial charge in [0.2, 0.25) is 0 Å². The molecule has 4 rings (SSSR count). The van der Waals surface area contributed by atoms with E-state index in [1.165, 1.54) is 24.3 Å². The van der Waals surface area contributed by atoms with Crippen LogP contribution < -0.4 is 5.32 Å². The van der Waals surface area contributed by atoms with Crippen molar-refractivity contribution in [3.8, 4) is 0 Å². The van der Waals surface area contributed by atoms with Gasteiger partial charge < -0.3 is 5.11 Å². The first-order valence-corrected chi connectivity index (χ1v) is 11.5. The van der Waals surface area contributed by atoms with E-state index in [0.717, 1.165) is 48.5 Å². The molecule has 2 N–H and O–H groups in total. The van der Waals surface area contributed by atoms with Gasteiger partial charge in [0, 0.05) is 0 Å². The van der Waals surface area contributed by atoms with Gasteiger partial charge in [-0.2, -0.15) is 26.3 Å². The Morgan fingerprint density at radius 1 is 0.605 bits per heavy atom. The molecule has 0 aliphatic heterocycles. The fourth-order valence-electron chi connectivity index (χ4n) is 4.41. The first kappa shape index (κ1) is 27.3. The van der Waals surface area contributed by atoms with Crippen molar-refractivity contribution in [3.63, 3.8) is 0 Å². The van der Waals surface area contributed by atoms with E-state index in [-0.39, 0.29) is 23.1 Å². The van der Waals surface area contributed by atoms with Gasteiger partial charge in [0.15, 0.2) is 0 Å². The highest BCUT2D eigenvalue weighted by Gasteiger charge is 2.41. The molecule has 0 aliphatic carbocycles. The molecule has 2 nitrogen and oxygen atoms in total. The number of benzene rings is 4. The van der Waals surface area contributed by atoms with E-state index < -0.39 is 41.1 Å². The lowest BCUT2D eigenvalue weighted by molar-refractivity contribution is -0.138. The number of aliphatic hydroxyl groups excluding tert-OH is 1. The maximum atomic E-state index is 13.9. The van der Waals surface area contributed by atoms with Crippen molar-refractivity contribution < 1.29 is 35.8 Å². The zero-order valence-corrected chi connectivity index (χ0v) is 19.7. The highest BCUT2D eigenvalue weighted by molar-refractivity contribution is 5.45. The van der Waals surface area contributed by atoms with E-state index in [1.807, 2.05) is 0 Å². The standard InChI is InChI=1S/C29H22F7NO/c30-25-14-4-9-20(15-25)26(38)37-27(18-19-7-2-1-3-8-19,21-10-5-12-23(16-21)28(31,32)33)22-11-6-13-24(17-22)29(34,35)36/h1-17,26,37-38H,18H2. The van der Waals surface area contributed by atoms with Gasteiger partial charge in [-0.15, -0.1) is 0 Å². The summed E-state index contributed by atoms with van der Waals surface area (Å²) in [6.07, 6.45) is -11.3. The zero-order valence-electron chi connectivity index (χ0n) is 19.7. The van der Waals surface area contributed by atoms with Crippen LogP contribution in [0.15, 0.2) is 103 Å². The molecule has 1 atom stereocenters. The largest absolute Gasteiger partial charge is 0.416 e. The summed E-state index contributed by atoms with van der Waals surface area (Å²) in [6.45, 7) is 0. The van der Waals surface area contributed by atoms with Crippen LogP contribution in [0.1, 0.15) is 39.6 Å². The van der Waals surface area contributed by atoms with Gasteiger partial charge in [-0.05, 0) is 65.1 Å². The molecule has 1 unspecified atom stereocenters. The zero-order chi connectivity index (χ0) is 27.6. The molecule has 38 heavy (non-hydrogen) atoms. The molecule has 0 aliphatic rings. The number of rotatable bonds is 7. The Kier molecular flexibility index (Phi) is 7.62. The summed E-state index contributed by atoms with van der Waals surface area (Å²) < 4.78 is 96.2. The van der Waals surface area contributed by atoms with Gasteiger partial charge in [-0.1, -0.05) is 66.7 Å². The molecule has 0 heterocycles. The SMILES string of the molecule is OC(NC(Cc1ccccc1)(c1cccc(C(F)(F)F)c1)c1cccc(C(F)(F)F)c1)c1cccc(F)c1. The molecule has 198 valence electrons. The van der Waals surface area contributed by atoms with Crippen molar-refractivity contribution in [1.29, 1.82) is 0 Å². The van der Waals surface area contributed by atoms with Crippen LogP contribution in [0.25, 0.3) is 0 Å². The number of hydrogen-bond acceptors (Lipinski definition) is 2. The van der Waals surface area contributed by atoms with E-state index in [4.69, 9.17) is 0 Å². The Bertz CT molecular complexity index is 1330.